The number of nitrogens with zero attached hydrogens (tertiary/aromatic N) is 3. The van der Waals surface area contributed by atoms with Crippen LogP contribution in [0.1, 0.15) is 50.5 Å². The SMILES string of the molecule is CCOC(=O)CCC1CN(C(=O)OC)c2nc(F)c(F)c(N3CCCCC3)c21. The first kappa shape index (κ1) is 20.3. The summed E-state index contributed by atoms with van der Waals surface area (Å²) < 4.78 is 38.9. The third-order valence-corrected chi connectivity index (χ3v) is 5.23. The number of hydrogen-bond acceptors (Lipinski definition) is 6. The number of anilines is 2. The first-order chi connectivity index (χ1) is 13.5. The van der Waals surface area contributed by atoms with Gasteiger partial charge >= 0.3 is 12.1 Å². The molecule has 1 unspecified atom stereocenters. The van der Waals surface area contributed by atoms with Crippen LogP contribution in [0.4, 0.5) is 25.1 Å². The second-order valence-electron chi connectivity index (χ2n) is 6.97. The molecule has 0 aromatic carbocycles. The van der Waals surface area contributed by atoms with E-state index in [1.165, 1.54) is 12.0 Å². The molecule has 7 nitrogen and oxygen atoms in total. The first-order valence-corrected chi connectivity index (χ1v) is 9.62. The van der Waals surface area contributed by atoms with Gasteiger partial charge in [0.1, 0.15) is 5.82 Å². The van der Waals surface area contributed by atoms with E-state index in [4.69, 9.17) is 9.47 Å². The van der Waals surface area contributed by atoms with E-state index in [1.54, 1.807) is 6.92 Å². The van der Waals surface area contributed by atoms with Gasteiger partial charge in [-0.3, -0.25) is 9.69 Å². The number of esters is 1. The maximum absolute atomic E-state index is 14.8. The van der Waals surface area contributed by atoms with Crippen LogP contribution in [0.3, 0.4) is 0 Å². The second kappa shape index (κ2) is 8.70. The van der Waals surface area contributed by atoms with E-state index in [9.17, 15) is 18.4 Å². The summed E-state index contributed by atoms with van der Waals surface area (Å²) in [6.07, 6.45) is 2.56. The number of hydrogen-bond donors (Lipinski definition) is 0. The van der Waals surface area contributed by atoms with Crippen LogP contribution in [0.5, 0.6) is 0 Å². The number of piperidine rings is 1. The molecule has 2 aliphatic rings. The summed E-state index contributed by atoms with van der Waals surface area (Å²) in [5.41, 5.74) is 0.623. The highest BCUT2D eigenvalue weighted by molar-refractivity contribution is 5.91. The van der Waals surface area contributed by atoms with E-state index < -0.39 is 17.9 Å². The van der Waals surface area contributed by atoms with Crippen LogP contribution in [-0.2, 0) is 14.3 Å². The lowest BCUT2D eigenvalue weighted by atomic mass is 9.94. The molecule has 1 amide bonds. The van der Waals surface area contributed by atoms with Gasteiger partial charge in [-0.05, 0) is 32.6 Å². The third-order valence-electron chi connectivity index (χ3n) is 5.23. The van der Waals surface area contributed by atoms with Crippen LogP contribution in [-0.4, -0.2) is 50.4 Å². The molecule has 0 aliphatic carbocycles. The van der Waals surface area contributed by atoms with E-state index >= 15 is 0 Å². The Labute approximate surface area is 162 Å². The van der Waals surface area contributed by atoms with Gasteiger partial charge in [-0.2, -0.15) is 13.8 Å². The molecule has 2 aliphatic heterocycles. The number of ether oxygens (including phenoxy) is 2. The predicted molar refractivity (Wildman–Crippen MR) is 98.6 cm³/mol. The van der Waals surface area contributed by atoms with Crippen LogP contribution in [0.25, 0.3) is 0 Å². The molecule has 3 rings (SSSR count). The summed E-state index contributed by atoms with van der Waals surface area (Å²) in [5, 5.41) is 0. The van der Waals surface area contributed by atoms with Gasteiger partial charge in [-0.15, -0.1) is 0 Å². The van der Waals surface area contributed by atoms with Crippen molar-refractivity contribution in [3.63, 3.8) is 0 Å². The molecule has 0 bridgehead atoms. The van der Waals surface area contributed by atoms with Crippen molar-refractivity contribution in [2.45, 2.75) is 44.9 Å². The summed E-state index contributed by atoms with van der Waals surface area (Å²) in [6.45, 7) is 3.36. The van der Waals surface area contributed by atoms with E-state index in [2.05, 4.69) is 4.98 Å². The second-order valence-corrected chi connectivity index (χ2v) is 6.97. The van der Waals surface area contributed by atoms with Gasteiger partial charge in [-0.25, -0.2) is 4.79 Å². The zero-order valence-electron chi connectivity index (χ0n) is 16.2. The zero-order chi connectivity index (χ0) is 20.3. The Morgan fingerprint density at radius 2 is 1.93 bits per heavy atom. The van der Waals surface area contributed by atoms with Gasteiger partial charge in [0.05, 0.1) is 19.4 Å². The van der Waals surface area contributed by atoms with Gasteiger partial charge in [0, 0.05) is 37.5 Å². The molecule has 28 heavy (non-hydrogen) atoms. The smallest absolute Gasteiger partial charge is 0.415 e. The number of halogens is 2. The topological polar surface area (TPSA) is 72.0 Å². The number of carbonyl (C=O) groups is 2. The molecule has 1 atom stereocenters. The standard InChI is InChI=1S/C19H25F2N3O4/c1-3-28-13(25)8-7-12-11-24(19(26)27-2)18-14(12)16(15(20)17(21)22-18)23-9-5-4-6-10-23/h12H,3-11H2,1-2H3. The lowest BCUT2D eigenvalue weighted by molar-refractivity contribution is -0.143. The number of carbonyl (C=O) groups excluding carboxylic acids is 2. The maximum atomic E-state index is 14.8. The number of rotatable bonds is 5. The predicted octanol–water partition coefficient (Wildman–Crippen LogP) is 3.36. The average Bonchev–Trinajstić information content (AvgIpc) is 3.05. The van der Waals surface area contributed by atoms with Crippen LogP contribution < -0.4 is 9.80 Å². The van der Waals surface area contributed by atoms with Crippen LogP contribution in [0.15, 0.2) is 0 Å². The Bertz CT molecular complexity index is 753. The molecule has 9 heteroatoms. The van der Waals surface area contributed by atoms with Crippen molar-refractivity contribution in [1.29, 1.82) is 0 Å². The van der Waals surface area contributed by atoms with Crippen LogP contribution >= 0.6 is 0 Å². The molecule has 1 aromatic rings. The Kier molecular flexibility index (Phi) is 6.31. The molecule has 1 fully saturated rings. The van der Waals surface area contributed by atoms with Crippen LogP contribution in [0, 0.1) is 11.8 Å². The van der Waals surface area contributed by atoms with E-state index in [0.717, 1.165) is 19.3 Å². The number of methoxy groups -OCH3 is 1. The fourth-order valence-corrected chi connectivity index (χ4v) is 3.96. The fraction of sp³-hybridized carbons (Fsp3) is 0.632. The zero-order valence-corrected chi connectivity index (χ0v) is 16.2. The van der Waals surface area contributed by atoms with Crippen molar-refractivity contribution < 1.29 is 27.8 Å². The normalized spacial score (nSPS) is 18.8. The Hall–Kier alpha value is -2.45. The summed E-state index contributed by atoms with van der Waals surface area (Å²) in [7, 11) is 1.22. The number of pyridine rings is 1. The monoisotopic (exact) mass is 397 g/mol. The molecular formula is C19H25F2N3O4. The van der Waals surface area contributed by atoms with Gasteiger partial charge in [0.2, 0.25) is 5.82 Å². The molecule has 3 heterocycles. The van der Waals surface area contributed by atoms with Gasteiger partial charge in [0.25, 0.3) is 5.95 Å². The van der Waals surface area contributed by atoms with Crippen LogP contribution in [0.2, 0.25) is 0 Å². The first-order valence-electron chi connectivity index (χ1n) is 9.62. The summed E-state index contributed by atoms with van der Waals surface area (Å²) >= 11 is 0. The van der Waals surface area contributed by atoms with Crippen molar-refractivity contribution >= 4 is 23.6 Å². The summed E-state index contributed by atoms with van der Waals surface area (Å²) in [6, 6.07) is 0. The van der Waals surface area contributed by atoms with E-state index in [0.29, 0.717) is 25.1 Å². The Morgan fingerprint density at radius 1 is 1.21 bits per heavy atom. The largest absolute Gasteiger partial charge is 0.466 e. The van der Waals surface area contributed by atoms with Gasteiger partial charge in [-0.1, -0.05) is 0 Å². The van der Waals surface area contributed by atoms with Gasteiger partial charge < -0.3 is 14.4 Å². The molecule has 0 radical (unpaired) electrons. The number of fused-ring (bicyclic) bond motifs is 1. The summed E-state index contributed by atoms with van der Waals surface area (Å²) in [5.74, 6) is -2.90. The van der Waals surface area contributed by atoms with Crippen molar-refractivity contribution in [1.82, 2.24) is 4.98 Å². The van der Waals surface area contributed by atoms with Crippen molar-refractivity contribution in [2.24, 2.45) is 0 Å². The van der Waals surface area contributed by atoms with E-state index in [1.807, 2.05) is 4.90 Å². The van der Waals surface area contributed by atoms with Crippen molar-refractivity contribution in [2.75, 3.05) is 43.2 Å². The van der Waals surface area contributed by atoms with E-state index in [-0.39, 0.29) is 43.0 Å². The maximum Gasteiger partial charge on any atom is 0.415 e. The quantitative estimate of drug-likeness (QED) is 0.560. The lowest BCUT2D eigenvalue weighted by Gasteiger charge is -2.31. The van der Waals surface area contributed by atoms with Gasteiger partial charge in [0.15, 0.2) is 0 Å². The number of aromatic nitrogens is 1. The van der Waals surface area contributed by atoms with Crippen molar-refractivity contribution in [3.8, 4) is 0 Å². The average molecular weight is 397 g/mol. The molecule has 0 N–H and O–H groups in total. The number of amides is 1. The van der Waals surface area contributed by atoms with Crippen molar-refractivity contribution in [3.05, 3.63) is 17.3 Å². The minimum absolute atomic E-state index is 0.0696. The Morgan fingerprint density at radius 3 is 2.57 bits per heavy atom. The minimum Gasteiger partial charge on any atom is -0.466 e. The third kappa shape index (κ3) is 3.88. The fourth-order valence-electron chi connectivity index (χ4n) is 3.96. The highest BCUT2D eigenvalue weighted by atomic mass is 19.2. The lowest BCUT2D eigenvalue weighted by Crippen LogP contribution is -2.32. The Balaban J connectivity index is 2.01. The minimum atomic E-state index is -1.24. The highest BCUT2D eigenvalue weighted by Gasteiger charge is 2.40. The molecule has 154 valence electrons. The molecule has 1 aromatic heterocycles. The molecule has 0 saturated carbocycles. The molecule has 1 saturated heterocycles. The summed E-state index contributed by atoms with van der Waals surface area (Å²) in [4.78, 5) is 30.7. The highest BCUT2D eigenvalue weighted by Crippen LogP contribution is 2.45. The molecular weight excluding hydrogens is 372 g/mol. The molecule has 0 spiro atoms.